The van der Waals surface area contributed by atoms with Crippen LogP contribution in [-0.2, 0) is 12.4 Å². The van der Waals surface area contributed by atoms with Gasteiger partial charge in [-0.05, 0) is 35.9 Å². The second-order valence-corrected chi connectivity index (χ2v) is 4.89. The molecule has 2 rings (SSSR count). The molecule has 0 radical (unpaired) electrons. The van der Waals surface area contributed by atoms with Gasteiger partial charge in [-0.15, -0.1) is 0 Å². The topological polar surface area (TPSA) is 17.1 Å². The Balaban J connectivity index is 2.10. The van der Waals surface area contributed by atoms with Crippen molar-refractivity contribution < 1.29 is 31.1 Å². The van der Waals surface area contributed by atoms with Crippen molar-refractivity contribution in [3.8, 4) is 0 Å². The van der Waals surface area contributed by atoms with Crippen molar-refractivity contribution in [2.24, 2.45) is 0 Å². The van der Waals surface area contributed by atoms with Gasteiger partial charge in [0.05, 0.1) is 11.1 Å². The molecule has 0 bridgehead atoms. The molecule has 0 fully saturated rings. The first kappa shape index (κ1) is 17.8. The third-order valence-electron chi connectivity index (χ3n) is 3.16. The highest BCUT2D eigenvalue weighted by Gasteiger charge is 2.30. The summed E-state index contributed by atoms with van der Waals surface area (Å²) < 4.78 is 74.5. The van der Waals surface area contributed by atoms with Gasteiger partial charge in [-0.3, -0.25) is 4.79 Å². The summed E-state index contributed by atoms with van der Waals surface area (Å²) in [4.78, 5) is 11.9. The number of rotatable bonds is 3. The van der Waals surface area contributed by atoms with Crippen LogP contribution < -0.4 is 0 Å². The zero-order valence-corrected chi connectivity index (χ0v) is 11.9. The molecule has 2 aromatic carbocycles. The quantitative estimate of drug-likeness (QED) is 0.401. The summed E-state index contributed by atoms with van der Waals surface area (Å²) in [6.45, 7) is 0. The summed E-state index contributed by atoms with van der Waals surface area (Å²) in [7, 11) is 0. The molecule has 0 unspecified atom stereocenters. The van der Waals surface area contributed by atoms with Gasteiger partial charge in [-0.1, -0.05) is 30.3 Å². The first-order valence-electron chi connectivity index (χ1n) is 6.64. The smallest absolute Gasteiger partial charge is 0.289 e. The van der Waals surface area contributed by atoms with Crippen LogP contribution in [0.3, 0.4) is 0 Å². The first-order valence-corrected chi connectivity index (χ1v) is 6.64. The van der Waals surface area contributed by atoms with E-state index in [0.29, 0.717) is 5.56 Å². The average Bonchev–Trinajstić information content (AvgIpc) is 2.51. The van der Waals surface area contributed by atoms with Gasteiger partial charge in [0.15, 0.2) is 5.78 Å². The number of ketones is 1. The lowest BCUT2D eigenvalue weighted by Crippen LogP contribution is -2.05. The maximum Gasteiger partial charge on any atom is 0.416 e. The van der Waals surface area contributed by atoms with Gasteiger partial charge in [0.25, 0.3) is 0 Å². The molecule has 0 spiro atoms. The van der Waals surface area contributed by atoms with E-state index >= 15 is 0 Å². The van der Waals surface area contributed by atoms with E-state index in [4.69, 9.17) is 0 Å². The molecule has 24 heavy (non-hydrogen) atoms. The Bertz CT molecular complexity index is 737. The van der Waals surface area contributed by atoms with E-state index in [1.165, 1.54) is 18.2 Å². The molecule has 0 aliphatic rings. The van der Waals surface area contributed by atoms with Crippen LogP contribution in [-0.4, -0.2) is 5.78 Å². The Morgan fingerprint density at radius 1 is 0.708 bits per heavy atom. The fraction of sp³-hybridized carbons (Fsp3) is 0.118. The molecule has 0 aromatic heterocycles. The first-order chi connectivity index (χ1) is 11.1. The summed E-state index contributed by atoms with van der Waals surface area (Å²) in [6.07, 6.45) is -6.55. The molecule has 0 saturated carbocycles. The molecule has 0 heterocycles. The average molecular weight is 344 g/mol. The Kier molecular flexibility index (Phi) is 4.82. The van der Waals surface area contributed by atoms with E-state index in [-0.39, 0.29) is 5.56 Å². The van der Waals surface area contributed by atoms with E-state index in [9.17, 15) is 31.1 Å². The Hall–Kier alpha value is -2.57. The van der Waals surface area contributed by atoms with Crippen LogP contribution >= 0.6 is 0 Å². The SMILES string of the molecule is O=C(/C=C/c1ccc(C(F)(F)F)cc1)c1ccc(C(F)(F)F)cc1. The zero-order valence-electron chi connectivity index (χ0n) is 11.9. The lowest BCUT2D eigenvalue weighted by Gasteiger charge is -2.06. The van der Waals surface area contributed by atoms with Gasteiger partial charge < -0.3 is 0 Å². The summed E-state index contributed by atoms with van der Waals surface area (Å²) in [6, 6.07) is 7.81. The number of benzene rings is 2. The van der Waals surface area contributed by atoms with Gasteiger partial charge in [-0.2, -0.15) is 26.3 Å². The Morgan fingerprint density at radius 3 is 1.54 bits per heavy atom. The highest BCUT2D eigenvalue weighted by atomic mass is 19.4. The van der Waals surface area contributed by atoms with Crippen molar-refractivity contribution in [1.29, 1.82) is 0 Å². The maximum absolute atomic E-state index is 12.4. The fourth-order valence-corrected chi connectivity index (χ4v) is 1.87. The summed E-state index contributed by atoms with van der Waals surface area (Å²) in [5.74, 6) is -0.552. The van der Waals surface area contributed by atoms with E-state index in [1.807, 2.05) is 0 Å². The molecular weight excluding hydrogens is 334 g/mol. The summed E-state index contributed by atoms with van der Waals surface area (Å²) >= 11 is 0. The number of halogens is 6. The summed E-state index contributed by atoms with van der Waals surface area (Å²) in [5.41, 5.74) is -1.27. The molecule has 0 saturated heterocycles. The van der Waals surface area contributed by atoms with Crippen molar-refractivity contribution in [3.05, 3.63) is 76.9 Å². The molecule has 126 valence electrons. The molecular formula is C17H10F6O. The van der Waals surface area contributed by atoms with Crippen LogP contribution in [0.5, 0.6) is 0 Å². The van der Waals surface area contributed by atoms with E-state index in [2.05, 4.69) is 0 Å². The lowest BCUT2D eigenvalue weighted by atomic mass is 10.1. The van der Waals surface area contributed by atoms with Crippen LogP contribution in [0.15, 0.2) is 54.6 Å². The van der Waals surface area contributed by atoms with Crippen LogP contribution in [0.1, 0.15) is 27.0 Å². The minimum Gasteiger partial charge on any atom is -0.289 e. The standard InChI is InChI=1S/C17H10F6O/c18-16(19,20)13-6-1-11(2-7-13)3-10-15(24)12-4-8-14(9-5-12)17(21,22)23/h1-10H/b10-3+. The molecule has 2 aromatic rings. The van der Waals surface area contributed by atoms with Crippen molar-refractivity contribution in [1.82, 2.24) is 0 Å². The number of carbonyl (C=O) groups is 1. The largest absolute Gasteiger partial charge is 0.416 e. The van der Waals surface area contributed by atoms with E-state index < -0.39 is 29.3 Å². The molecule has 0 atom stereocenters. The zero-order chi connectivity index (χ0) is 18.0. The molecule has 0 amide bonds. The summed E-state index contributed by atoms with van der Waals surface area (Å²) in [5, 5.41) is 0. The monoisotopic (exact) mass is 344 g/mol. The van der Waals surface area contributed by atoms with Crippen molar-refractivity contribution >= 4 is 11.9 Å². The number of carbonyl (C=O) groups excluding carboxylic acids is 1. The van der Waals surface area contributed by atoms with Crippen LogP contribution in [0.2, 0.25) is 0 Å². The Morgan fingerprint density at radius 2 is 1.12 bits per heavy atom. The van der Waals surface area contributed by atoms with Crippen LogP contribution in [0.4, 0.5) is 26.3 Å². The highest BCUT2D eigenvalue weighted by Crippen LogP contribution is 2.30. The van der Waals surface area contributed by atoms with Crippen molar-refractivity contribution in [2.75, 3.05) is 0 Å². The normalized spacial score (nSPS) is 12.6. The van der Waals surface area contributed by atoms with E-state index in [1.54, 1.807) is 0 Å². The molecule has 0 aliphatic carbocycles. The van der Waals surface area contributed by atoms with Gasteiger partial charge >= 0.3 is 12.4 Å². The molecule has 0 aliphatic heterocycles. The number of hydrogen-bond donors (Lipinski definition) is 0. The molecule has 1 nitrogen and oxygen atoms in total. The third kappa shape index (κ3) is 4.47. The number of allylic oxidation sites excluding steroid dienone is 1. The van der Waals surface area contributed by atoms with Crippen LogP contribution in [0, 0.1) is 0 Å². The van der Waals surface area contributed by atoms with Gasteiger partial charge in [-0.25, -0.2) is 0 Å². The maximum atomic E-state index is 12.4. The van der Waals surface area contributed by atoms with Crippen molar-refractivity contribution in [3.63, 3.8) is 0 Å². The fourth-order valence-electron chi connectivity index (χ4n) is 1.87. The minimum atomic E-state index is -4.49. The second-order valence-electron chi connectivity index (χ2n) is 4.89. The highest BCUT2D eigenvalue weighted by molar-refractivity contribution is 6.06. The molecule has 0 N–H and O–H groups in total. The number of alkyl halides is 6. The predicted molar refractivity (Wildman–Crippen MR) is 76.3 cm³/mol. The van der Waals surface area contributed by atoms with Crippen LogP contribution in [0.25, 0.3) is 6.08 Å². The van der Waals surface area contributed by atoms with E-state index in [0.717, 1.165) is 42.5 Å². The lowest BCUT2D eigenvalue weighted by molar-refractivity contribution is -0.138. The van der Waals surface area contributed by atoms with Gasteiger partial charge in [0.1, 0.15) is 0 Å². The van der Waals surface area contributed by atoms with Gasteiger partial charge in [0, 0.05) is 5.56 Å². The minimum absolute atomic E-state index is 0.0474. The van der Waals surface area contributed by atoms with Crippen molar-refractivity contribution in [2.45, 2.75) is 12.4 Å². The third-order valence-corrected chi connectivity index (χ3v) is 3.16. The number of hydrogen-bond acceptors (Lipinski definition) is 1. The second kappa shape index (κ2) is 6.51. The Labute approximate surface area is 133 Å². The molecule has 7 heteroatoms. The predicted octanol–water partition coefficient (Wildman–Crippen LogP) is 5.62. The van der Waals surface area contributed by atoms with Gasteiger partial charge in [0.2, 0.25) is 0 Å².